The number of likely N-dealkylation sites (tertiary alicyclic amines) is 3. The fraction of sp³-hybridized carbons (Fsp3) is 1.00. The summed E-state index contributed by atoms with van der Waals surface area (Å²) in [7, 11) is 0. The minimum Gasteiger partial charge on any atom is -0.303 e. The number of piperidine rings is 3. The van der Waals surface area contributed by atoms with Crippen molar-refractivity contribution >= 4 is 0 Å². The second-order valence-electron chi connectivity index (χ2n) is 11.9. The van der Waals surface area contributed by atoms with Gasteiger partial charge in [0.25, 0.3) is 0 Å². The summed E-state index contributed by atoms with van der Waals surface area (Å²) in [5.74, 6) is 2.01. The summed E-state index contributed by atoms with van der Waals surface area (Å²) in [6, 6.07) is 0.859. The first-order valence-corrected chi connectivity index (χ1v) is 11.8. The lowest BCUT2D eigenvalue weighted by molar-refractivity contribution is 0.0277. The third-order valence-corrected chi connectivity index (χ3v) is 7.50. The Morgan fingerprint density at radius 2 is 1.11 bits per heavy atom. The fourth-order valence-electron chi connectivity index (χ4n) is 5.91. The second-order valence-corrected chi connectivity index (χ2v) is 11.9. The molecule has 0 atom stereocenters. The zero-order chi connectivity index (χ0) is 19.7. The molecule has 0 aliphatic carbocycles. The molecule has 0 radical (unpaired) electrons. The zero-order valence-corrected chi connectivity index (χ0v) is 19.3. The molecule has 0 unspecified atom stereocenters. The highest BCUT2D eigenvalue weighted by Crippen LogP contribution is 2.35. The number of hydrogen-bond donors (Lipinski definition) is 0. The Labute approximate surface area is 169 Å². The van der Waals surface area contributed by atoms with Gasteiger partial charge in [-0.3, -0.25) is 4.90 Å². The third-order valence-electron chi connectivity index (χ3n) is 7.50. The van der Waals surface area contributed by atoms with E-state index in [0.717, 1.165) is 17.9 Å². The first-order chi connectivity index (χ1) is 12.6. The van der Waals surface area contributed by atoms with Crippen molar-refractivity contribution in [2.45, 2.75) is 91.6 Å². The van der Waals surface area contributed by atoms with Crippen molar-refractivity contribution in [2.24, 2.45) is 17.3 Å². The highest BCUT2D eigenvalue weighted by molar-refractivity contribution is 4.89. The van der Waals surface area contributed by atoms with Gasteiger partial charge in [-0.15, -0.1) is 0 Å². The second kappa shape index (κ2) is 8.71. The van der Waals surface area contributed by atoms with Crippen LogP contribution in [0.5, 0.6) is 0 Å². The number of rotatable bonds is 3. The van der Waals surface area contributed by atoms with Crippen LogP contribution in [-0.4, -0.2) is 72.1 Å². The Morgan fingerprint density at radius 1 is 0.630 bits per heavy atom. The van der Waals surface area contributed by atoms with Crippen LogP contribution < -0.4 is 0 Å². The van der Waals surface area contributed by atoms with E-state index in [1.807, 2.05) is 0 Å². The van der Waals surface area contributed by atoms with Gasteiger partial charge >= 0.3 is 0 Å². The van der Waals surface area contributed by atoms with Crippen LogP contribution in [0.2, 0.25) is 0 Å². The van der Waals surface area contributed by atoms with Gasteiger partial charge in [0, 0.05) is 31.2 Å². The van der Waals surface area contributed by atoms with E-state index in [9.17, 15) is 0 Å². The van der Waals surface area contributed by atoms with Crippen LogP contribution in [0.25, 0.3) is 0 Å². The summed E-state index contributed by atoms with van der Waals surface area (Å²) < 4.78 is 0. The maximum atomic E-state index is 2.85. The lowest BCUT2D eigenvalue weighted by atomic mass is 9.78. The Morgan fingerprint density at radius 3 is 1.56 bits per heavy atom. The van der Waals surface area contributed by atoms with Crippen molar-refractivity contribution in [3.05, 3.63) is 0 Å². The molecular weight excluding hydrogens is 330 g/mol. The molecule has 0 aromatic carbocycles. The summed E-state index contributed by atoms with van der Waals surface area (Å²) in [5, 5.41) is 0. The first-order valence-electron chi connectivity index (χ1n) is 11.8. The topological polar surface area (TPSA) is 9.72 Å². The van der Waals surface area contributed by atoms with Gasteiger partial charge in [0.15, 0.2) is 0 Å². The molecule has 0 amide bonds. The molecule has 158 valence electrons. The van der Waals surface area contributed by atoms with Crippen molar-refractivity contribution in [3.63, 3.8) is 0 Å². The largest absolute Gasteiger partial charge is 0.303 e. The lowest BCUT2D eigenvalue weighted by Gasteiger charge is -2.47. The van der Waals surface area contributed by atoms with Crippen molar-refractivity contribution in [2.75, 3.05) is 45.8 Å². The molecule has 3 heteroatoms. The van der Waals surface area contributed by atoms with Gasteiger partial charge in [-0.25, -0.2) is 0 Å². The predicted octanol–water partition coefficient (Wildman–Crippen LogP) is 4.72. The summed E-state index contributed by atoms with van der Waals surface area (Å²) >= 11 is 0. The quantitative estimate of drug-likeness (QED) is 0.704. The van der Waals surface area contributed by atoms with Gasteiger partial charge in [-0.05, 0) is 103 Å². The van der Waals surface area contributed by atoms with E-state index in [1.165, 1.54) is 84.3 Å². The van der Waals surface area contributed by atoms with E-state index >= 15 is 0 Å². The Hall–Kier alpha value is -0.120. The van der Waals surface area contributed by atoms with Crippen LogP contribution in [0.1, 0.15) is 80.1 Å². The number of hydrogen-bond acceptors (Lipinski definition) is 3. The minimum atomic E-state index is 0.347. The monoisotopic (exact) mass is 377 g/mol. The Bertz CT molecular complexity index is 437. The molecule has 0 saturated carbocycles. The van der Waals surface area contributed by atoms with Gasteiger partial charge in [-0.2, -0.15) is 0 Å². The summed E-state index contributed by atoms with van der Waals surface area (Å²) in [6.45, 7) is 23.5. The lowest BCUT2D eigenvalue weighted by Crippen LogP contribution is -2.52. The molecule has 0 aromatic heterocycles. The van der Waals surface area contributed by atoms with E-state index in [4.69, 9.17) is 0 Å². The first kappa shape index (κ1) is 21.6. The molecule has 27 heavy (non-hydrogen) atoms. The normalized spacial score (nSPS) is 27.3. The molecule has 3 saturated heterocycles. The average Bonchev–Trinajstić information content (AvgIpc) is 2.61. The van der Waals surface area contributed by atoms with Crippen LogP contribution in [-0.2, 0) is 0 Å². The van der Waals surface area contributed by atoms with E-state index in [1.54, 1.807) is 0 Å². The molecule has 3 aliphatic rings. The van der Waals surface area contributed by atoms with Crippen molar-refractivity contribution in [1.82, 2.24) is 14.7 Å². The van der Waals surface area contributed by atoms with Crippen molar-refractivity contribution in [3.8, 4) is 0 Å². The maximum absolute atomic E-state index is 2.85. The molecule has 3 rings (SSSR count). The van der Waals surface area contributed by atoms with Crippen LogP contribution >= 0.6 is 0 Å². The number of nitrogens with zero attached hydrogens (tertiary/aromatic N) is 3. The van der Waals surface area contributed by atoms with E-state index in [-0.39, 0.29) is 0 Å². The van der Waals surface area contributed by atoms with Crippen LogP contribution in [0.3, 0.4) is 0 Å². The molecule has 0 N–H and O–H groups in total. The summed E-state index contributed by atoms with van der Waals surface area (Å²) in [6.07, 6.45) is 8.59. The summed E-state index contributed by atoms with van der Waals surface area (Å²) in [5.41, 5.74) is 0.792. The van der Waals surface area contributed by atoms with Crippen LogP contribution in [0.4, 0.5) is 0 Å². The molecular formula is C24H47N3. The highest BCUT2D eigenvalue weighted by Gasteiger charge is 2.34. The van der Waals surface area contributed by atoms with Crippen molar-refractivity contribution < 1.29 is 0 Å². The van der Waals surface area contributed by atoms with Crippen LogP contribution in [0, 0.1) is 17.3 Å². The van der Waals surface area contributed by atoms with Gasteiger partial charge in [0.2, 0.25) is 0 Å². The molecule has 0 aromatic rings. The van der Waals surface area contributed by atoms with E-state index in [0.29, 0.717) is 11.0 Å². The van der Waals surface area contributed by atoms with E-state index < -0.39 is 0 Å². The third kappa shape index (κ3) is 6.18. The maximum Gasteiger partial charge on any atom is 0.0125 e. The molecule has 3 aliphatic heterocycles. The fourth-order valence-corrected chi connectivity index (χ4v) is 5.91. The molecule has 3 heterocycles. The Kier molecular flexibility index (Phi) is 6.97. The van der Waals surface area contributed by atoms with E-state index in [2.05, 4.69) is 56.2 Å². The highest BCUT2D eigenvalue weighted by atomic mass is 15.2. The molecule has 0 spiro atoms. The standard InChI is InChI=1S/C24H47N3/c1-23(2,3)19-25-13-7-20(8-14-25)21-9-15-26(16-10-21)22-11-17-27(18-12-22)24(4,5)6/h20-22H,7-19H2,1-6H3. The van der Waals surface area contributed by atoms with Gasteiger partial charge in [-0.1, -0.05) is 20.8 Å². The van der Waals surface area contributed by atoms with Gasteiger partial charge in [0.1, 0.15) is 0 Å². The zero-order valence-electron chi connectivity index (χ0n) is 19.3. The van der Waals surface area contributed by atoms with Crippen molar-refractivity contribution in [1.29, 1.82) is 0 Å². The molecule has 0 bridgehead atoms. The van der Waals surface area contributed by atoms with Gasteiger partial charge in [0.05, 0.1) is 0 Å². The molecule has 3 nitrogen and oxygen atoms in total. The van der Waals surface area contributed by atoms with Crippen LogP contribution in [0.15, 0.2) is 0 Å². The summed E-state index contributed by atoms with van der Waals surface area (Å²) in [4.78, 5) is 8.25. The van der Waals surface area contributed by atoms with Gasteiger partial charge < -0.3 is 9.80 Å². The minimum absolute atomic E-state index is 0.347. The average molecular weight is 378 g/mol. The SMILES string of the molecule is CC(C)(C)CN1CCC(C2CCN(C3CCN(C(C)(C)C)CC3)CC2)CC1. The molecule has 3 fully saturated rings. The Balaban J connectivity index is 1.38. The smallest absolute Gasteiger partial charge is 0.0125 e. The predicted molar refractivity (Wildman–Crippen MR) is 117 cm³/mol.